The van der Waals surface area contributed by atoms with E-state index >= 15 is 0 Å². The van der Waals surface area contributed by atoms with E-state index in [0.717, 1.165) is 32.5 Å². The van der Waals surface area contributed by atoms with Gasteiger partial charge in [-0.2, -0.15) is 4.57 Å². The summed E-state index contributed by atoms with van der Waals surface area (Å²) in [4.78, 5) is 4.15. The van der Waals surface area contributed by atoms with Crippen LogP contribution < -0.4 is 28.5 Å². The molecule has 3 heterocycles. The molecule has 0 unspecified atom stereocenters. The second-order valence-corrected chi connectivity index (χ2v) is 10.0. The number of imidazole rings is 1. The van der Waals surface area contributed by atoms with Gasteiger partial charge in [-0.15, -0.1) is 0 Å². The van der Waals surface area contributed by atoms with E-state index in [9.17, 15) is 0 Å². The summed E-state index contributed by atoms with van der Waals surface area (Å²) in [7, 11) is 0. The van der Waals surface area contributed by atoms with Gasteiger partial charge >= 0.3 is 0 Å². The molecule has 0 aliphatic heterocycles. The van der Waals surface area contributed by atoms with Crippen LogP contribution in [0.2, 0.25) is 0 Å². The van der Waals surface area contributed by atoms with Crippen LogP contribution in [-0.4, -0.2) is 14.1 Å². The van der Waals surface area contributed by atoms with Crippen LogP contribution in [0.1, 0.15) is 30.3 Å². The molecule has 0 spiro atoms. The molecule has 0 N–H and O–H groups in total. The van der Waals surface area contributed by atoms with Crippen molar-refractivity contribution in [3.05, 3.63) is 96.0 Å². The lowest BCUT2D eigenvalue weighted by Gasteiger charge is -2.08. The third kappa shape index (κ3) is 4.72. The number of halogens is 1. The van der Waals surface area contributed by atoms with Gasteiger partial charge in [0.1, 0.15) is 11.2 Å². The minimum Gasteiger partial charge on any atom is -1.00 e. The topological polar surface area (TPSA) is 26.6 Å². The minimum atomic E-state index is 0. The van der Waals surface area contributed by atoms with Gasteiger partial charge in [-0.1, -0.05) is 47.7 Å². The first-order valence-corrected chi connectivity index (χ1v) is 13.2. The van der Waals surface area contributed by atoms with Crippen LogP contribution >= 0.6 is 11.3 Å². The summed E-state index contributed by atoms with van der Waals surface area (Å²) in [5.74, 6) is 0. The number of hydrogen-bond donors (Lipinski definition) is 0. The number of fused-ring (bicyclic) bond motifs is 4. The lowest BCUT2D eigenvalue weighted by molar-refractivity contribution is -0.665. The zero-order valence-corrected chi connectivity index (χ0v) is 23.3. The van der Waals surface area contributed by atoms with Crippen LogP contribution in [0.15, 0.2) is 85.5 Å². The molecule has 0 aliphatic rings. The normalized spacial score (nSPS) is 11.7. The fourth-order valence-corrected chi connectivity index (χ4v) is 6.20. The van der Waals surface area contributed by atoms with Crippen LogP contribution in [0.3, 0.4) is 0 Å². The van der Waals surface area contributed by atoms with E-state index in [1.165, 1.54) is 42.6 Å². The smallest absolute Gasteiger partial charge is 0.262 e. The number of nitrogens with zero attached hydrogens (tertiary/aromatic N) is 4. The SMILES string of the molecule is CC[n+]1c(/C=C/c2ccc3c(c2)c2ccccc2n3CCCCn2ccnc2)sc2ccccc21.[I-]. The predicted octanol–water partition coefficient (Wildman–Crippen LogP) is 4.17. The molecule has 0 fully saturated rings. The van der Waals surface area contributed by atoms with Crippen molar-refractivity contribution in [2.75, 3.05) is 0 Å². The summed E-state index contributed by atoms with van der Waals surface area (Å²) in [6.07, 6.45) is 12.6. The van der Waals surface area contributed by atoms with E-state index in [2.05, 4.69) is 104 Å². The molecule has 0 amide bonds. The summed E-state index contributed by atoms with van der Waals surface area (Å²) in [6.45, 7) is 5.22. The van der Waals surface area contributed by atoms with Crippen molar-refractivity contribution < 1.29 is 28.5 Å². The van der Waals surface area contributed by atoms with Crippen molar-refractivity contribution in [3.8, 4) is 0 Å². The maximum atomic E-state index is 4.15. The minimum absolute atomic E-state index is 0. The third-order valence-electron chi connectivity index (χ3n) is 6.77. The average Bonchev–Trinajstić information content (AvgIpc) is 3.61. The van der Waals surface area contributed by atoms with Crippen molar-refractivity contribution in [3.63, 3.8) is 0 Å². The fourth-order valence-electron chi connectivity index (χ4n) is 5.07. The summed E-state index contributed by atoms with van der Waals surface area (Å²) < 4.78 is 8.37. The highest BCUT2D eigenvalue weighted by atomic mass is 127. The highest BCUT2D eigenvalue weighted by Crippen LogP contribution is 2.31. The molecule has 0 atom stereocenters. The molecule has 0 radical (unpaired) electrons. The van der Waals surface area contributed by atoms with Crippen molar-refractivity contribution in [2.24, 2.45) is 0 Å². The molecule has 0 bridgehead atoms. The van der Waals surface area contributed by atoms with Gasteiger partial charge in [-0.3, -0.25) is 0 Å². The Morgan fingerprint density at radius 3 is 2.56 bits per heavy atom. The van der Waals surface area contributed by atoms with Crippen molar-refractivity contribution in [1.82, 2.24) is 14.1 Å². The number of thiazole rings is 1. The van der Waals surface area contributed by atoms with Gasteiger partial charge in [-0.05, 0) is 55.7 Å². The van der Waals surface area contributed by atoms with Crippen molar-refractivity contribution in [2.45, 2.75) is 39.4 Å². The second-order valence-electron chi connectivity index (χ2n) is 8.94. The first-order chi connectivity index (χ1) is 17.3. The summed E-state index contributed by atoms with van der Waals surface area (Å²) in [5, 5.41) is 3.95. The third-order valence-corrected chi connectivity index (χ3v) is 7.91. The lowest BCUT2D eigenvalue weighted by atomic mass is 10.1. The molecular formula is C30H29IN4S. The Kier molecular flexibility index (Phi) is 7.53. The Morgan fingerprint density at radius 1 is 0.889 bits per heavy atom. The Hall–Kier alpha value is -2.97. The van der Waals surface area contributed by atoms with E-state index in [1.54, 1.807) is 0 Å². The standard InChI is InChI=1S/C30H29N4S.HI/c1-2-33-28-11-5-6-12-29(28)35-30(33)16-14-23-13-15-27-25(21-23)24-9-3-4-10-26(24)34(27)19-8-7-18-32-20-17-31-22-32;/h3-6,9-17,20-22H,2,7-8,18-19H2,1H3;1H/q+1;/p-1. The molecule has 0 aliphatic carbocycles. The number of para-hydroxylation sites is 2. The molecule has 6 heteroatoms. The van der Waals surface area contributed by atoms with Gasteiger partial charge in [0.2, 0.25) is 5.52 Å². The Labute approximate surface area is 232 Å². The molecule has 6 rings (SSSR count). The van der Waals surface area contributed by atoms with Crippen LogP contribution in [0.4, 0.5) is 0 Å². The molecule has 182 valence electrons. The van der Waals surface area contributed by atoms with E-state index in [-0.39, 0.29) is 24.0 Å². The maximum Gasteiger partial charge on any atom is 0.262 e. The maximum absolute atomic E-state index is 4.15. The zero-order chi connectivity index (χ0) is 23.6. The van der Waals surface area contributed by atoms with Gasteiger partial charge in [0, 0.05) is 59.4 Å². The molecule has 6 aromatic rings. The predicted molar refractivity (Wildman–Crippen MR) is 148 cm³/mol. The number of aryl methyl sites for hydroxylation is 3. The first-order valence-electron chi connectivity index (χ1n) is 12.4. The van der Waals surface area contributed by atoms with Crippen LogP contribution in [0.25, 0.3) is 44.2 Å². The largest absolute Gasteiger partial charge is 1.00 e. The number of aromatic nitrogens is 4. The van der Waals surface area contributed by atoms with E-state index < -0.39 is 0 Å². The average molecular weight is 605 g/mol. The lowest BCUT2D eigenvalue weighted by Crippen LogP contribution is -3.00. The van der Waals surface area contributed by atoms with Crippen LogP contribution in [0, 0.1) is 0 Å². The fraction of sp³-hybridized carbons (Fsp3) is 0.200. The molecule has 36 heavy (non-hydrogen) atoms. The summed E-state index contributed by atoms with van der Waals surface area (Å²) in [6, 6.07) is 24.4. The van der Waals surface area contributed by atoms with Gasteiger partial charge in [0.25, 0.3) is 5.01 Å². The Morgan fingerprint density at radius 2 is 1.69 bits per heavy atom. The number of unbranched alkanes of at least 4 members (excludes halogenated alkanes) is 1. The van der Waals surface area contributed by atoms with Crippen LogP contribution in [-0.2, 0) is 19.6 Å². The quantitative estimate of drug-likeness (QED) is 0.146. The molecule has 0 saturated heterocycles. The Bertz CT molecular complexity index is 1640. The summed E-state index contributed by atoms with van der Waals surface area (Å²) in [5.41, 5.74) is 5.18. The molecule has 0 saturated carbocycles. The van der Waals surface area contributed by atoms with E-state index in [0.29, 0.717) is 0 Å². The monoisotopic (exact) mass is 604 g/mol. The van der Waals surface area contributed by atoms with E-state index in [1.807, 2.05) is 30.1 Å². The number of hydrogen-bond acceptors (Lipinski definition) is 2. The molecule has 3 aromatic carbocycles. The van der Waals surface area contributed by atoms with Gasteiger partial charge in [-0.25, -0.2) is 4.98 Å². The van der Waals surface area contributed by atoms with Crippen molar-refractivity contribution >= 4 is 55.5 Å². The highest BCUT2D eigenvalue weighted by Gasteiger charge is 2.16. The zero-order valence-electron chi connectivity index (χ0n) is 20.3. The second kappa shape index (κ2) is 11.0. The van der Waals surface area contributed by atoms with Gasteiger partial charge in [0.15, 0.2) is 0 Å². The summed E-state index contributed by atoms with van der Waals surface area (Å²) >= 11 is 1.85. The highest BCUT2D eigenvalue weighted by molar-refractivity contribution is 7.18. The van der Waals surface area contributed by atoms with E-state index in [4.69, 9.17) is 0 Å². The van der Waals surface area contributed by atoms with Crippen LogP contribution in [0.5, 0.6) is 0 Å². The number of benzene rings is 3. The molecule has 3 aromatic heterocycles. The Balaban J connectivity index is 0.00000267. The molecular weight excluding hydrogens is 575 g/mol. The van der Waals surface area contributed by atoms with Gasteiger partial charge < -0.3 is 33.1 Å². The van der Waals surface area contributed by atoms with Crippen molar-refractivity contribution in [1.29, 1.82) is 0 Å². The first kappa shape index (κ1) is 24.7. The van der Waals surface area contributed by atoms with Gasteiger partial charge in [0.05, 0.1) is 6.33 Å². The number of rotatable bonds is 8. The molecule has 4 nitrogen and oxygen atoms in total.